The Kier molecular flexibility index (Phi) is 4.47. The van der Waals surface area contributed by atoms with Crippen molar-refractivity contribution in [3.8, 4) is 0 Å². The molecule has 0 unspecified atom stereocenters. The van der Waals surface area contributed by atoms with Crippen molar-refractivity contribution in [2.24, 2.45) is 0 Å². The Morgan fingerprint density at radius 1 is 1.33 bits per heavy atom. The summed E-state index contributed by atoms with van der Waals surface area (Å²) >= 11 is 5.82. The standard InChI is InChI=1S/C14H18ClN5O/c1-7(2)12-9(4)13(20-19-12)18-14(21)17-10-5-11(15)16-6-8(10)3/h5-7H,1-4H3,(H3,16,17,18,19,20,21). The molecule has 2 heterocycles. The van der Waals surface area contributed by atoms with E-state index >= 15 is 0 Å². The number of carbonyl (C=O) groups excluding carboxylic acids is 1. The van der Waals surface area contributed by atoms with Gasteiger partial charge in [-0.3, -0.25) is 10.4 Å². The van der Waals surface area contributed by atoms with Crippen LogP contribution in [0.3, 0.4) is 0 Å². The number of aryl methyl sites for hydroxylation is 1. The van der Waals surface area contributed by atoms with Gasteiger partial charge in [0, 0.05) is 23.1 Å². The zero-order valence-electron chi connectivity index (χ0n) is 12.4. The first-order chi connectivity index (χ1) is 9.88. The lowest BCUT2D eigenvalue weighted by Gasteiger charge is -2.09. The second kappa shape index (κ2) is 6.13. The number of hydrogen-bond acceptors (Lipinski definition) is 3. The topological polar surface area (TPSA) is 82.7 Å². The summed E-state index contributed by atoms with van der Waals surface area (Å²) in [7, 11) is 0. The molecule has 2 aromatic heterocycles. The smallest absolute Gasteiger partial charge is 0.307 e. The normalized spacial score (nSPS) is 10.8. The Balaban J connectivity index is 2.10. The molecule has 7 heteroatoms. The molecule has 0 saturated carbocycles. The molecule has 0 spiro atoms. The van der Waals surface area contributed by atoms with Crippen molar-refractivity contribution >= 4 is 29.1 Å². The number of aromatic amines is 1. The third-order valence-electron chi connectivity index (χ3n) is 3.17. The lowest BCUT2D eigenvalue weighted by atomic mass is 10.1. The lowest BCUT2D eigenvalue weighted by Crippen LogP contribution is -2.20. The number of rotatable bonds is 3. The van der Waals surface area contributed by atoms with Gasteiger partial charge in [-0.1, -0.05) is 25.4 Å². The predicted octanol–water partition coefficient (Wildman–Crippen LogP) is 3.84. The van der Waals surface area contributed by atoms with Crippen LogP contribution < -0.4 is 10.6 Å². The fourth-order valence-corrected chi connectivity index (χ4v) is 2.15. The molecule has 0 radical (unpaired) electrons. The first-order valence-corrected chi connectivity index (χ1v) is 7.01. The molecule has 0 saturated heterocycles. The minimum Gasteiger partial charge on any atom is -0.307 e. The molecule has 3 N–H and O–H groups in total. The zero-order chi connectivity index (χ0) is 15.6. The minimum absolute atomic E-state index is 0.317. The van der Waals surface area contributed by atoms with Crippen LogP contribution >= 0.6 is 11.6 Å². The molecule has 0 aliphatic carbocycles. The highest BCUT2D eigenvalue weighted by atomic mass is 35.5. The van der Waals surface area contributed by atoms with E-state index < -0.39 is 0 Å². The summed E-state index contributed by atoms with van der Waals surface area (Å²) in [6, 6.07) is 1.23. The number of hydrogen-bond donors (Lipinski definition) is 3. The largest absolute Gasteiger partial charge is 0.324 e. The number of aromatic nitrogens is 3. The van der Waals surface area contributed by atoms with Crippen LogP contribution in [-0.2, 0) is 0 Å². The molecule has 0 atom stereocenters. The molecule has 2 rings (SSSR count). The molecular weight excluding hydrogens is 290 g/mol. The fraction of sp³-hybridized carbons (Fsp3) is 0.357. The van der Waals surface area contributed by atoms with Gasteiger partial charge >= 0.3 is 6.03 Å². The summed E-state index contributed by atoms with van der Waals surface area (Å²) in [5, 5.41) is 12.9. The molecule has 2 amide bonds. The van der Waals surface area contributed by atoms with Crippen molar-refractivity contribution < 1.29 is 4.79 Å². The second-order valence-corrected chi connectivity index (χ2v) is 5.55. The highest BCUT2D eigenvalue weighted by Crippen LogP contribution is 2.23. The molecule has 0 aliphatic heterocycles. The van der Waals surface area contributed by atoms with E-state index in [0.717, 1.165) is 16.8 Å². The van der Waals surface area contributed by atoms with Crippen LogP contribution in [0.15, 0.2) is 12.3 Å². The van der Waals surface area contributed by atoms with Crippen LogP contribution in [0.1, 0.15) is 36.6 Å². The van der Waals surface area contributed by atoms with Crippen LogP contribution in [0.25, 0.3) is 0 Å². The highest BCUT2D eigenvalue weighted by Gasteiger charge is 2.14. The molecule has 112 valence electrons. The van der Waals surface area contributed by atoms with E-state index in [1.807, 2.05) is 13.8 Å². The van der Waals surface area contributed by atoms with Gasteiger partial charge in [0.25, 0.3) is 0 Å². The van der Waals surface area contributed by atoms with Crippen LogP contribution in [0.2, 0.25) is 5.15 Å². The molecular formula is C14H18ClN5O. The third kappa shape index (κ3) is 3.52. The third-order valence-corrected chi connectivity index (χ3v) is 3.38. The summed E-state index contributed by atoms with van der Waals surface area (Å²) in [5.74, 6) is 0.839. The van der Waals surface area contributed by atoms with Crippen molar-refractivity contribution in [1.82, 2.24) is 15.2 Å². The number of amides is 2. The fourth-order valence-electron chi connectivity index (χ4n) is 1.99. The number of H-pyrrole nitrogens is 1. The average Bonchev–Trinajstić information content (AvgIpc) is 2.75. The zero-order valence-corrected chi connectivity index (χ0v) is 13.2. The van der Waals surface area contributed by atoms with E-state index in [1.54, 1.807) is 12.3 Å². The Labute approximate surface area is 128 Å². The van der Waals surface area contributed by atoms with Gasteiger partial charge in [0.2, 0.25) is 0 Å². The monoisotopic (exact) mass is 307 g/mol. The van der Waals surface area contributed by atoms with Crippen molar-refractivity contribution in [3.05, 3.63) is 34.2 Å². The van der Waals surface area contributed by atoms with Gasteiger partial charge in [-0.2, -0.15) is 5.10 Å². The molecule has 2 aromatic rings. The van der Waals surface area contributed by atoms with Gasteiger partial charge in [0.1, 0.15) is 5.15 Å². The van der Waals surface area contributed by atoms with E-state index in [1.165, 1.54) is 0 Å². The van der Waals surface area contributed by atoms with Gasteiger partial charge < -0.3 is 5.32 Å². The van der Waals surface area contributed by atoms with Crippen LogP contribution in [0.5, 0.6) is 0 Å². The maximum absolute atomic E-state index is 12.0. The molecule has 0 bridgehead atoms. The summed E-state index contributed by atoms with van der Waals surface area (Å²) in [4.78, 5) is 16.0. The molecule has 6 nitrogen and oxygen atoms in total. The van der Waals surface area contributed by atoms with Gasteiger partial charge in [-0.05, 0) is 31.4 Å². The number of carbonyl (C=O) groups is 1. The quantitative estimate of drug-likeness (QED) is 0.753. The number of halogens is 1. The van der Waals surface area contributed by atoms with Gasteiger partial charge in [-0.25, -0.2) is 9.78 Å². The van der Waals surface area contributed by atoms with Gasteiger partial charge in [0.05, 0.1) is 0 Å². The second-order valence-electron chi connectivity index (χ2n) is 5.17. The molecule has 0 fully saturated rings. The van der Waals surface area contributed by atoms with E-state index in [2.05, 4.69) is 39.7 Å². The van der Waals surface area contributed by atoms with Crippen LogP contribution in [0.4, 0.5) is 16.3 Å². The first kappa shape index (κ1) is 15.3. The lowest BCUT2D eigenvalue weighted by molar-refractivity contribution is 0.262. The van der Waals surface area contributed by atoms with Crippen molar-refractivity contribution in [2.45, 2.75) is 33.6 Å². The van der Waals surface area contributed by atoms with Crippen LogP contribution in [0, 0.1) is 13.8 Å². The van der Waals surface area contributed by atoms with Crippen LogP contribution in [-0.4, -0.2) is 21.2 Å². The van der Waals surface area contributed by atoms with E-state index in [0.29, 0.717) is 22.6 Å². The number of nitrogens with zero attached hydrogens (tertiary/aromatic N) is 2. The Morgan fingerprint density at radius 3 is 2.67 bits per heavy atom. The highest BCUT2D eigenvalue weighted by molar-refractivity contribution is 6.29. The number of pyridine rings is 1. The molecule has 0 aliphatic rings. The maximum atomic E-state index is 12.0. The van der Waals surface area contributed by atoms with Crippen molar-refractivity contribution in [1.29, 1.82) is 0 Å². The Morgan fingerprint density at radius 2 is 2.05 bits per heavy atom. The predicted molar refractivity (Wildman–Crippen MR) is 84.0 cm³/mol. The average molecular weight is 308 g/mol. The van der Waals surface area contributed by atoms with Gasteiger partial charge in [0.15, 0.2) is 5.82 Å². The first-order valence-electron chi connectivity index (χ1n) is 6.63. The number of anilines is 2. The Hall–Kier alpha value is -2.08. The summed E-state index contributed by atoms with van der Waals surface area (Å²) < 4.78 is 0. The number of nitrogens with one attached hydrogen (secondary N) is 3. The van der Waals surface area contributed by atoms with Gasteiger partial charge in [-0.15, -0.1) is 0 Å². The molecule has 0 aromatic carbocycles. The van der Waals surface area contributed by atoms with E-state index in [9.17, 15) is 4.79 Å². The number of urea groups is 1. The summed E-state index contributed by atoms with van der Waals surface area (Å²) in [6.07, 6.45) is 1.61. The summed E-state index contributed by atoms with van der Waals surface area (Å²) in [5.41, 5.74) is 3.39. The van der Waals surface area contributed by atoms with Crippen molar-refractivity contribution in [3.63, 3.8) is 0 Å². The summed E-state index contributed by atoms with van der Waals surface area (Å²) in [6.45, 7) is 7.89. The molecule has 21 heavy (non-hydrogen) atoms. The van der Waals surface area contributed by atoms with E-state index in [-0.39, 0.29) is 6.03 Å². The van der Waals surface area contributed by atoms with Crippen molar-refractivity contribution in [2.75, 3.05) is 10.6 Å². The van der Waals surface area contributed by atoms with E-state index in [4.69, 9.17) is 11.6 Å². The SMILES string of the molecule is Cc1cnc(Cl)cc1NC(=O)Nc1n[nH]c(C(C)C)c1C. The minimum atomic E-state index is -0.370. The Bertz CT molecular complexity index is 665. The maximum Gasteiger partial charge on any atom is 0.324 e.